The number of piperazine rings is 1. The zero-order valence-corrected chi connectivity index (χ0v) is 13.8. The summed E-state index contributed by atoms with van der Waals surface area (Å²) in [6.07, 6.45) is 0. The normalized spacial score (nSPS) is 16.6. The van der Waals surface area contributed by atoms with Crippen molar-refractivity contribution in [2.24, 2.45) is 0 Å². The monoisotopic (exact) mass is 341 g/mol. The van der Waals surface area contributed by atoms with Crippen LogP contribution in [0, 0.1) is 0 Å². The molecule has 0 aromatic heterocycles. The molecule has 1 heterocycles. The fourth-order valence-electron chi connectivity index (χ4n) is 2.38. The Morgan fingerprint density at radius 3 is 2.04 bits per heavy atom. The van der Waals surface area contributed by atoms with Gasteiger partial charge in [0.05, 0.1) is 11.1 Å². The van der Waals surface area contributed by atoms with E-state index >= 15 is 0 Å². The molecule has 0 unspecified atom stereocenters. The Bertz CT molecular complexity index is 709. The Morgan fingerprint density at radius 1 is 1.04 bits per heavy atom. The van der Waals surface area contributed by atoms with Gasteiger partial charge in [-0.05, 0) is 12.1 Å². The van der Waals surface area contributed by atoms with Crippen LogP contribution in [0.5, 0.6) is 0 Å². The summed E-state index contributed by atoms with van der Waals surface area (Å²) in [5.41, 5.74) is 0.0600. The number of nitrogens with zero attached hydrogens (tertiary/aromatic N) is 3. The van der Waals surface area contributed by atoms with Crippen molar-refractivity contribution < 1.29 is 23.1 Å². The lowest BCUT2D eigenvalue weighted by Crippen LogP contribution is -2.53. The molecule has 1 fully saturated rings. The van der Waals surface area contributed by atoms with Gasteiger partial charge in [0.15, 0.2) is 0 Å². The predicted octanol–water partition coefficient (Wildman–Crippen LogP) is -0.0510. The Kier molecular flexibility index (Phi) is 5.03. The van der Waals surface area contributed by atoms with Crippen molar-refractivity contribution in [3.8, 4) is 0 Å². The number of aromatic carboxylic acids is 1. The second-order valence-corrected chi connectivity index (χ2v) is 7.47. The van der Waals surface area contributed by atoms with Gasteiger partial charge in [-0.1, -0.05) is 12.1 Å². The third-order valence-electron chi connectivity index (χ3n) is 3.70. The summed E-state index contributed by atoms with van der Waals surface area (Å²) in [6, 6.07) is 6.01. The smallest absolute Gasteiger partial charge is 0.336 e. The highest BCUT2D eigenvalue weighted by Crippen LogP contribution is 2.15. The predicted molar refractivity (Wildman–Crippen MR) is 83.5 cm³/mol. The average Bonchev–Trinajstić information content (AvgIpc) is 2.54. The van der Waals surface area contributed by atoms with Crippen LogP contribution < -0.4 is 0 Å². The molecule has 1 aromatic carbocycles. The van der Waals surface area contributed by atoms with Gasteiger partial charge in [-0.2, -0.15) is 17.0 Å². The van der Waals surface area contributed by atoms with Crippen molar-refractivity contribution in [3.63, 3.8) is 0 Å². The standard InChI is InChI=1S/C14H19N3O5S/c1-15(2)23(21,22)17-9-7-16(8-10-17)13(18)11-5-3-4-6-12(11)14(19)20/h3-6H,7-10H2,1-2H3,(H,19,20). The Hall–Kier alpha value is -1.97. The number of carbonyl (C=O) groups is 2. The number of carbonyl (C=O) groups excluding carboxylic acids is 1. The summed E-state index contributed by atoms with van der Waals surface area (Å²) in [7, 11) is -0.592. The Balaban J connectivity index is 2.12. The zero-order chi connectivity index (χ0) is 17.2. The number of hydrogen-bond donors (Lipinski definition) is 1. The third-order valence-corrected chi connectivity index (χ3v) is 5.64. The van der Waals surface area contributed by atoms with Gasteiger partial charge in [-0.3, -0.25) is 4.79 Å². The number of amides is 1. The van der Waals surface area contributed by atoms with Gasteiger partial charge < -0.3 is 10.0 Å². The van der Waals surface area contributed by atoms with E-state index in [1.165, 1.54) is 35.4 Å². The molecule has 1 aromatic rings. The maximum absolute atomic E-state index is 12.5. The molecule has 1 aliphatic rings. The van der Waals surface area contributed by atoms with E-state index < -0.39 is 22.1 Å². The van der Waals surface area contributed by atoms with Crippen LogP contribution in [0.3, 0.4) is 0 Å². The minimum Gasteiger partial charge on any atom is -0.478 e. The van der Waals surface area contributed by atoms with Crippen LogP contribution >= 0.6 is 0 Å². The van der Waals surface area contributed by atoms with Crippen LogP contribution in [0.1, 0.15) is 20.7 Å². The highest BCUT2D eigenvalue weighted by atomic mass is 32.2. The number of benzene rings is 1. The van der Waals surface area contributed by atoms with E-state index in [0.29, 0.717) is 0 Å². The number of carboxylic acids is 1. The first-order valence-corrected chi connectivity index (χ1v) is 8.44. The van der Waals surface area contributed by atoms with Crippen molar-refractivity contribution in [3.05, 3.63) is 35.4 Å². The lowest BCUT2D eigenvalue weighted by atomic mass is 10.1. The van der Waals surface area contributed by atoms with E-state index in [-0.39, 0.29) is 37.3 Å². The number of rotatable bonds is 4. The first-order chi connectivity index (χ1) is 10.7. The van der Waals surface area contributed by atoms with Gasteiger partial charge in [-0.15, -0.1) is 0 Å². The first kappa shape index (κ1) is 17.4. The SMILES string of the molecule is CN(C)S(=O)(=O)N1CCN(C(=O)c2ccccc2C(=O)O)CC1. The first-order valence-electron chi connectivity index (χ1n) is 7.04. The zero-order valence-electron chi connectivity index (χ0n) is 13.0. The van der Waals surface area contributed by atoms with Crippen LogP contribution in [0.15, 0.2) is 24.3 Å². The van der Waals surface area contributed by atoms with Gasteiger partial charge in [-0.25, -0.2) is 4.79 Å². The lowest BCUT2D eigenvalue weighted by molar-refractivity contribution is 0.0654. The summed E-state index contributed by atoms with van der Waals surface area (Å²) in [6.45, 7) is 0.808. The van der Waals surface area contributed by atoms with Crippen LogP contribution in [-0.2, 0) is 10.2 Å². The molecule has 0 aliphatic carbocycles. The molecule has 1 amide bonds. The van der Waals surface area contributed by atoms with Crippen LogP contribution in [0.25, 0.3) is 0 Å². The van der Waals surface area contributed by atoms with E-state index in [2.05, 4.69) is 0 Å². The maximum atomic E-state index is 12.5. The summed E-state index contributed by atoms with van der Waals surface area (Å²) in [4.78, 5) is 25.2. The molecular formula is C14H19N3O5S. The molecule has 0 spiro atoms. The van der Waals surface area contributed by atoms with E-state index in [4.69, 9.17) is 5.11 Å². The molecule has 1 saturated heterocycles. The highest BCUT2D eigenvalue weighted by molar-refractivity contribution is 7.86. The van der Waals surface area contributed by atoms with E-state index in [0.717, 1.165) is 4.31 Å². The van der Waals surface area contributed by atoms with Crippen molar-refractivity contribution in [1.82, 2.24) is 13.5 Å². The van der Waals surface area contributed by atoms with E-state index in [1.54, 1.807) is 12.1 Å². The molecule has 0 bridgehead atoms. The van der Waals surface area contributed by atoms with Gasteiger partial charge in [0, 0.05) is 40.3 Å². The van der Waals surface area contributed by atoms with Crippen LogP contribution in [-0.4, -0.2) is 79.2 Å². The lowest BCUT2D eigenvalue weighted by Gasteiger charge is -2.35. The summed E-state index contributed by atoms with van der Waals surface area (Å²) in [5, 5.41) is 9.16. The Morgan fingerprint density at radius 2 is 1.57 bits per heavy atom. The highest BCUT2D eigenvalue weighted by Gasteiger charge is 2.31. The minimum absolute atomic E-state index is 0.0548. The molecule has 2 rings (SSSR count). The maximum Gasteiger partial charge on any atom is 0.336 e. The molecule has 1 N–H and O–H groups in total. The fourth-order valence-corrected chi connectivity index (χ4v) is 3.47. The molecule has 1 aliphatic heterocycles. The average molecular weight is 341 g/mol. The number of hydrogen-bond acceptors (Lipinski definition) is 4. The quantitative estimate of drug-likeness (QED) is 0.828. The van der Waals surface area contributed by atoms with Gasteiger partial charge >= 0.3 is 5.97 Å². The topological polar surface area (TPSA) is 98.2 Å². The van der Waals surface area contributed by atoms with Crippen molar-refractivity contribution in [2.75, 3.05) is 40.3 Å². The molecule has 9 heteroatoms. The third kappa shape index (κ3) is 3.52. The summed E-state index contributed by atoms with van der Waals surface area (Å²) in [5.74, 6) is -1.56. The van der Waals surface area contributed by atoms with Gasteiger partial charge in [0.25, 0.3) is 16.1 Å². The molecule has 23 heavy (non-hydrogen) atoms. The fraction of sp³-hybridized carbons (Fsp3) is 0.429. The van der Waals surface area contributed by atoms with E-state index in [9.17, 15) is 18.0 Å². The van der Waals surface area contributed by atoms with Crippen molar-refractivity contribution >= 4 is 22.1 Å². The minimum atomic E-state index is -3.50. The van der Waals surface area contributed by atoms with Crippen LogP contribution in [0.2, 0.25) is 0 Å². The van der Waals surface area contributed by atoms with Crippen molar-refractivity contribution in [2.45, 2.75) is 0 Å². The van der Waals surface area contributed by atoms with Crippen LogP contribution in [0.4, 0.5) is 0 Å². The molecule has 0 atom stereocenters. The van der Waals surface area contributed by atoms with Gasteiger partial charge in [0.2, 0.25) is 0 Å². The second-order valence-electron chi connectivity index (χ2n) is 5.33. The molecule has 126 valence electrons. The number of carboxylic acid groups (broad SMARTS) is 1. The molecule has 8 nitrogen and oxygen atoms in total. The van der Waals surface area contributed by atoms with Gasteiger partial charge in [0.1, 0.15) is 0 Å². The summed E-state index contributed by atoms with van der Waals surface area (Å²) < 4.78 is 26.5. The Labute approximate surface area is 135 Å². The second kappa shape index (κ2) is 6.65. The summed E-state index contributed by atoms with van der Waals surface area (Å²) >= 11 is 0. The van der Waals surface area contributed by atoms with Crippen molar-refractivity contribution in [1.29, 1.82) is 0 Å². The molecule has 0 radical (unpaired) electrons. The molecular weight excluding hydrogens is 322 g/mol. The largest absolute Gasteiger partial charge is 0.478 e. The van der Waals surface area contributed by atoms with E-state index in [1.807, 2.05) is 0 Å². The molecule has 0 saturated carbocycles.